The van der Waals surface area contributed by atoms with Gasteiger partial charge in [0, 0.05) is 4.47 Å². The highest BCUT2D eigenvalue weighted by molar-refractivity contribution is 9.10. The first-order chi connectivity index (χ1) is 7.94. The first kappa shape index (κ1) is 12.5. The van der Waals surface area contributed by atoms with Gasteiger partial charge in [-0.25, -0.2) is 0 Å². The minimum Gasteiger partial charge on any atom is -0.404 e. The second kappa shape index (κ2) is 4.73. The molecule has 0 radical (unpaired) electrons. The van der Waals surface area contributed by atoms with Crippen molar-refractivity contribution in [3.05, 3.63) is 22.7 Å². The highest BCUT2D eigenvalue weighted by Gasteiger charge is 2.32. The Morgan fingerprint density at radius 1 is 1.35 bits per heavy atom. The van der Waals surface area contributed by atoms with Crippen molar-refractivity contribution in [3.63, 3.8) is 0 Å². The van der Waals surface area contributed by atoms with Crippen LogP contribution in [0.5, 0.6) is 5.75 Å². The Bertz CT molecular complexity index is 407. The van der Waals surface area contributed by atoms with Gasteiger partial charge >= 0.3 is 6.36 Å². The Morgan fingerprint density at radius 3 is 2.59 bits per heavy atom. The van der Waals surface area contributed by atoms with Crippen molar-refractivity contribution in [2.75, 3.05) is 18.5 Å². The average Bonchev–Trinajstić information content (AvgIpc) is 2.11. The van der Waals surface area contributed by atoms with Gasteiger partial charge in [0.15, 0.2) is 5.75 Å². The van der Waals surface area contributed by atoms with Crippen LogP contribution in [0.1, 0.15) is 0 Å². The van der Waals surface area contributed by atoms with Gasteiger partial charge in [0.1, 0.15) is 0 Å². The Morgan fingerprint density at radius 2 is 2.06 bits per heavy atom. The summed E-state index contributed by atoms with van der Waals surface area (Å²) >= 11 is 3.10. The van der Waals surface area contributed by atoms with Gasteiger partial charge in [-0.2, -0.15) is 0 Å². The summed E-state index contributed by atoms with van der Waals surface area (Å²) < 4.78 is 46.0. The number of ether oxygens (including phenoxy) is 2. The van der Waals surface area contributed by atoms with Gasteiger partial charge < -0.3 is 14.8 Å². The third-order valence-corrected chi connectivity index (χ3v) is 2.66. The lowest BCUT2D eigenvalue weighted by atomic mass is 10.2. The van der Waals surface area contributed by atoms with Gasteiger partial charge in [0.05, 0.1) is 24.9 Å². The molecular weight excluding hydrogens is 303 g/mol. The number of hydrogen-bond acceptors (Lipinski definition) is 3. The molecule has 0 unspecified atom stereocenters. The minimum absolute atomic E-state index is 0.0340. The topological polar surface area (TPSA) is 30.5 Å². The molecule has 17 heavy (non-hydrogen) atoms. The Kier molecular flexibility index (Phi) is 3.48. The van der Waals surface area contributed by atoms with Crippen LogP contribution in [0.3, 0.4) is 0 Å². The van der Waals surface area contributed by atoms with Crippen LogP contribution in [-0.4, -0.2) is 25.6 Å². The fraction of sp³-hybridized carbons (Fsp3) is 0.400. The summed E-state index contributed by atoms with van der Waals surface area (Å²) in [5.74, 6) is -0.251. The van der Waals surface area contributed by atoms with E-state index in [-0.39, 0.29) is 11.8 Å². The summed E-state index contributed by atoms with van der Waals surface area (Å²) in [5, 5.41) is 2.93. The van der Waals surface area contributed by atoms with Crippen molar-refractivity contribution >= 4 is 21.6 Å². The van der Waals surface area contributed by atoms with Crippen molar-refractivity contribution in [2.45, 2.75) is 12.4 Å². The van der Waals surface area contributed by atoms with E-state index in [1.165, 1.54) is 12.1 Å². The van der Waals surface area contributed by atoms with Gasteiger partial charge in [0.25, 0.3) is 0 Å². The molecule has 0 saturated carbocycles. The number of halogens is 4. The minimum atomic E-state index is -4.70. The molecule has 1 N–H and O–H groups in total. The molecule has 1 fully saturated rings. The summed E-state index contributed by atoms with van der Waals surface area (Å²) in [4.78, 5) is 0. The van der Waals surface area contributed by atoms with Crippen LogP contribution >= 0.6 is 15.9 Å². The Hall–Kier alpha value is -0.950. The molecule has 3 nitrogen and oxygen atoms in total. The quantitative estimate of drug-likeness (QED) is 0.930. The lowest BCUT2D eigenvalue weighted by Crippen LogP contribution is -2.40. The molecule has 94 valence electrons. The lowest BCUT2D eigenvalue weighted by molar-refractivity contribution is -0.274. The van der Waals surface area contributed by atoms with Crippen LogP contribution in [0.2, 0.25) is 0 Å². The predicted molar refractivity (Wildman–Crippen MR) is 59.1 cm³/mol. The molecule has 1 aliphatic rings. The third-order valence-electron chi connectivity index (χ3n) is 2.17. The second-order valence-corrected chi connectivity index (χ2v) is 4.48. The number of benzene rings is 1. The van der Waals surface area contributed by atoms with E-state index in [0.717, 1.165) is 0 Å². The number of hydrogen-bond donors (Lipinski definition) is 1. The van der Waals surface area contributed by atoms with Crippen molar-refractivity contribution in [1.29, 1.82) is 0 Å². The molecule has 0 amide bonds. The third kappa shape index (κ3) is 3.50. The summed E-state index contributed by atoms with van der Waals surface area (Å²) in [7, 11) is 0. The van der Waals surface area contributed by atoms with Crippen LogP contribution < -0.4 is 10.1 Å². The number of rotatable bonds is 3. The van der Waals surface area contributed by atoms with Gasteiger partial charge in [-0.15, -0.1) is 13.2 Å². The SMILES string of the molecule is FC(F)(F)Oc1cc(Br)ccc1NC1COC1. The molecule has 0 aromatic heterocycles. The van der Waals surface area contributed by atoms with Crippen LogP contribution in [0.15, 0.2) is 22.7 Å². The van der Waals surface area contributed by atoms with Crippen molar-refractivity contribution in [1.82, 2.24) is 0 Å². The molecule has 0 spiro atoms. The van der Waals surface area contributed by atoms with Crippen LogP contribution in [0.25, 0.3) is 0 Å². The highest BCUT2D eigenvalue weighted by atomic mass is 79.9. The van der Waals surface area contributed by atoms with Gasteiger partial charge in [-0.05, 0) is 18.2 Å². The van der Waals surface area contributed by atoms with E-state index in [4.69, 9.17) is 4.74 Å². The predicted octanol–water partition coefficient (Wildman–Crippen LogP) is 3.16. The van der Waals surface area contributed by atoms with Gasteiger partial charge in [0.2, 0.25) is 0 Å². The van der Waals surface area contributed by atoms with E-state index < -0.39 is 6.36 Å². The molecule has 2 rings (SSSR count). The summed E-state index contributed by atoms with van der Waals surface area (Å²) in [6.07, 6.45) is -4.70. The van der Waals surface area contributed by atoms with Crippen LogP contribution in [0, 0.1) is 0 Å². The molecular formula is C10H9BrF3NO2. The maximum atomic E-state index is 12.2. The fourth-order valence-corrected chi connectivity index (χ4v) is 1.70. The second-order valence-electron chi connectivity index (χ2n) is 3.57. The zero-order valence-corrected chi connectivity index (χ0v) is 10.1. The fourth-order valence-electron chi connectivity index (χ4n) is 1.36. The van der Waals surface area contributed by atoms with Gasteiger partial charge in [-0.1, -0.05) is 15.9 Å². The lowest BCUT2D eigenvalue weighted by Gasteiger charge is -2.28. The smallest absolute Gasteiger partial charge is 0.404 e. The molecule has 1 aromatic rings. The van der Waals surface area contributed by atoms with E-state index in [2.05, 4.69) is 26.0 Å². The summed E-state index contributed by atoms with van der Waals surface area (Å²) in [6.45, 7) is 0.975. The molecule has 1 aromatic carbocycles. The summed E-state index contributed by atoms with van der Waals surface area (Å²) in [5.41, 5.74) is 0.304. The van der Waals surface area contributed by atoms with E-state index in [0.29, 0.717) is 23.4 Å². The zero-order chi connectivity index (χ0) is 12.5. The van der Waals surface area contributed by atoms with E-state index in [1.807, 2.05) is 0 Å². The van der Waals surface area contributed by atoms with E-state index >= 15 is 0 Å². The molecule has 7 heteroatoms. The van der Waals surface area contributed by atoms with Gasteiger partial charge in [-0.3, -0.25) is 0 Å². The summed E-state index contributed by atoms with van der Waals surface area (Å²) in [6, 6.07) is 4.48. The van der Waals surface area contributed by atoms with Crippen molar-refractivity contribution in [3.8, 4) is 5.75 Å². The first-order valence-corrected chi connectivity index (χ1v) is 5.63. The van der Waals surface area contributed by atoms with Crippen molar-refractivity contribution in [2.24, 2.45) is 0 Å². The Balaban J connectivity index is 2.17. The average molecular weight is 312 g/mol. The van der Waals surface area contributed by atoms with Crippen LogP contribution in [-0.2, 0) is 4.74 Å². The van der Waals surface area contributed by atoms with Crippen molar-refractivity contribution < 1.29 is 22.6 Å². The largest absolute Gasteiger partial charge is 0.573 e. The molecule has 0 bridgehead atoms. The molecule has 1 heterocycles. The number of anilines is 1. The monoisotopic (exact) mass is 311 g/mol. The molecule has 0 atom stereocenters. The van der Waals surface area contributed by atoms with E-state index in [9.17, 15) is 13.2 Å². The zero-order valence-electron chi connectivity index (χ0n) is 8.55. The van der Waals surface area contributed by atoms with Crippen LogP contribution in [0.4, 0.5) is 18.9 Å². The maximum absolute atomic E-state index is 12.2. The standard InChI is InChI=1S/C10H9BrF3NO2/c11-6-1-2-8(15-7-4-16-5-7)9(3-6)17-10(12,13)14/h1-3,7,15H,4-5H2. The Labute approximate surface area is 104 Å². The molecule has 1 aliphatic heterocycles. The molecule has 0 aliphatic carbocycles. The normalized spacial score (nSPS) is 16.5. The number of nitrogens with one attached hydrogen (secondary N) is 1. The van der Waals surface area contributed by atoms with E-state index in [1.54, 1.807) is 6.07 Å². The highest BCUT2D eigenvalue weighted by Crippen LogP contribution is 2.33. The molecule has 1 saturated heterocycles. The first-order valence-electron chi connectivity index (χ1n) is 4.83. The maximum Gasteiger partial charge on any atom is 0.573 e. The number of alkyl halides is 3.